The van der Waals surface area contributed by atoms with E-state index in [2.05, 4.69) is 54.6 Å². The zero-order chi connectivity index (χ0) is 19.2. The molecule has 2 unspecified atom stereocenters. The molecule has 0 aliphatic carbocycles. The van der Waals surface area contributed by atoms with Gasteiger partial charge < -0.3 is 15.4 Å². The van der Waals surface area contributed by atoms with Gasteiger partial charge in [-0.15, -0.1) is 0 Å². The Morgan fingerprint density at radius 1 is 1.38 bits per heavy atom. The van der Waals surface area contributed by atoms with E-state index in [1.165, 1.54) is 0 Å². The Morgan fingerprint density at radius 3 is 2.77 bits per heavy atom. The molecular formula is C19H31N3O3S. The summed E-state index contributed by atoms with van der Waals surface area (Å²) in [5, 5.41) is 6.53. The number of rotatable bonds is 7. The van der Waals surface area contributed by atoms with Crippen molar-refractivity contribution in [1.82, 2.24) is 10.6 Å². The smallest absolute Gasteiger partial charge is 0.191 e. The minimum Gasteiger partial charge on any atom is -0.490 e. The zero-order valence-corrected chi connectivity index (χ0v) is 17.0. The summed E-state index contributed by atoms with van der Waals surface area (Å²) in [5.74, 6) is 2.28. The van der Waals surface area contributed by atoms with Gasteiger partial charge in [0.2, 0.25) is 0 Å². The lowest BCUT2D eigenvalue weighted by Crippen LogP contribution is -2.39. The van der Waals surface area contributed by atoms with Crippen molar-refractivity contribution >= 4 is 15.8 Å². The fourth-order valence-electron chi connectivity index (χ4n) is 2.89. The monoisotopic (exact) mass is 381 g/mol. The first-order chi connectivity index (χ1) is 12.3. The van der Waals surface area contributed by atoms with Crippen molar-refractivity contribution in [2.45, 2.75) is 46.3 Å². The Labute approximate surface area is 157 Å². The second-order valence-corrected chi connectivity index (χ2v) is 9.25. The average Bonchev–Trinajstić information content (AvgIpc) is 2.95. The molecule has 0 bridgehead atoms. The second kappa shape index (κ2) is 9.26. The van der Waals surface area contributed by atoms with Gasteiger partial charge in [0.1, 0.15) is 5.75 Å². The lowest BCUT2D eigenvalue weighted by molar-refractivity contribution is 0.215. The maximum Gasteiger partial charge on any atom is 0.191 e. The van der Waals surface area contributed by atoms with Crippen molar-refractivity contribution in [2.75, 3.05) is 25.1 Å². The van der Waals surface area contributed by atoms with Crippen molar-refractivity contribution in [3.05, 3.63) is 29.3 Å². The highest BCUT2D eigenvalue weighted by atomic mass is 32.2. The van der Waals surface area contributed by atoms with Gasteiger partial charge in [-0.2, -0.15) is 0 Å². The van der Waals surface area contributed by atoms with Crippen LogP contribution in [0.25, 0.3) is 0 Å². The van der Waals surface area contributed by atoms with Crippen LogP contribution in [-0.2, 0) is 16.4 Å². The van der Waals surface area contributed by atoms with Crippen LogP contribution >= 0.6 is 0 Å². The number of nitrogens with one attached hydrogen (secondary N) is 2. The van der Waals surface area contributed by atoms with E-state index in [4.69, 9.17) is 4.74 Å². The van der Waals surface area contributed by atoms with Gasteiger partial charge in [0, 0.05) is 25.7 Å². The fraction of sp³-hybridized carbons (Fsp3) is 0.632. The molecule has 1 fully saturated rings. The van der Waals surface area contributed by atoms with Crippen LogP contribution < -0.4 is 15.4 Å². The number of hydrogen-bond donors (Lipinski definition) is 2. The van der Waals surface area contributed by atoms with Gasteiger partial charge in [0.25, 0.3) is 0 Å². The van der Waals surface area contributed by atoms with Gasteiger partial charge in [-0.3, -0.25) is 4.99 Å². The number of guanidine groups is 1. The molecule has 26 heavy (non-hydrogen) atoms. The van der Waals surface area contributed by atoms with Gasteiger partial charge in [0.05, 0.1) is 17.6 Å². The minimum absolute atomic E-state index is 0.155. The molecule has 1 aliphatic rings. The van der Waals surface area contributed by atoms with Gasteiger partial charge in [-0.1, -0.05) is 19.1 Å². The third kappa shape index (κ3) is 6.20. The quantitative estimate of drug-likeness (QED) is 0.559. The first kappa shape index (κ1) is 20.6. The number of ether oxygens (including phenoxy) is 1. The Hall–Kier alpha value is -1.76. The molecule has 0 spiro atoms. The molecule has 0 radical (unpaired) electrons. The van der Waals surface area contributed by atoms with Crippen molar-refractivity contribution < 1.29 is 13.2 Å². The lowest BCUT2D eigenvalue weighted by Gasteiger charge is -2.19. The van der Waals surface area contributed by atoms with Gasteiger partial charge in [-0.05, 0) is 44.2 Å². The van der Waals surface area contributed by atoms with E-state index in [0.717, 1.165) is 29.7 Å². The molecule has 1 heterocycles. The predicted molar refractivity (Wildman–Crippen MR) is 107 cm³/mol. The Morgan fingerprint density at radius 2 is 2.15 bits per heavy atom. The maximum absolute atomic E-state index is 11.6. The summed E-state index contributed by atoms with van der Waals surface area (Å²) in [6, 6.07) is 6.19. The summed E-state index contributed by atoms with van der Waals surface area (Å²) in [6.07, 6.45) is 1.84. The summed E-state index contributed by atoms with van der Waals surface area (Å²) in [4.78, 5) is 4.23. The summed E-state index contributed by atoms with van der Waals surface area (Å²) in [5.41, 5.74) is 2.24. The highest BCUT2D eigenvalue weighted by Gasteiger charge is 2.27. The summed E-state index contributed by atoms with van der Waals surface area (Å²) in [6.45, 7) is 7.43. The molecule has 2 N–H and O–H groups in total. The topological polar surface area (TPSA) is 79.8 Å². The minimum atomic E-state index is -2.85. The molecular weight excluding hydrogens is 350 g/mol. The number of nitrogens with zero attached hydrogens (tertiary/aromatic N) is 1. The number of sulfone groups is 1. The molecule has 0 amide bonds. The van der Waals surface area contributed by atoms with Crippen LogP contribution in [0, 0.1) is 12.8 Å². The van der Waals surface area contributed by atoms with E-state index >= 15 is 0 Å². The summed E-state index contributed by atoms with van der Waals surface area (Å²) < 4.78 is 29.2. The maximum atomic E-state index is 11.6. The van der Waals surface area contributed by atoms with Crippen LogP contribution in [0.3, 0.4) is 0 Å². The van der Waals surface area contributed by atoms with Crippen molar-refractivity contribution in [3.63, 3.8) is 0 Å². The van der Waals surface area contributed by atoms with Crippen LogP contribution in [-0.4, -0.2) is 45.6 Å². The van der Waals surface area contributed by atoms with Crippen LogP contribution in [0.1, 0.15) is 37.8 Å². The van der Waals surface area contributed by atoms with Crippen LogP contribution in [0.4, 0.5) is 0 Å². The van der Waals surface area contributed by atoms with Gasteiger partial charge in [-0.25, -0.2) is 8.42 Å². The number of aryl methyl sites for hydroxylation is 1. The first-order valence-electron chi connectivity index (χ1n) is 9.24. The Bertz CT molecular complexity index is 732. The van der Waals surface area contributed by atoms with Crippen molar-refractivity contribution in [2.24, 2.45) is 10.9 Å². The molecule has 0 saturated carbocycles. The third-order valence-corrected chi connectivity index (χ3v) is 6.52. The van der Waals surface area contributed by atoms with Gasteiger partial charge >= 0.3 is 0 Å². The van der Waals surface area contributed by atoms with E-state index in [-0.39, 0.29) is 17.8 Å². The molecule has 1 aromatic rings. The molecule has 2 atom stereocenters. The molecule has 0 aromatic heterocycles. The standard InChI is InChI=1S/C19H31N3O3S/c1-5-15(3)25-18-10-14(2)6-7-17(18)12-22-19(20-4)21-11-16-8-9-26(23,24)13-16/h6-7,10,15-16H,5,8-9,11-13H2,1-4H3,(H2,20,21,22). The molecule has 1 aliphatic heterocycles. The van der Waals surface area contributed by atoms with Crippen LogP contribution in [0.2, 0.25) is 0 Å². The highest BCUT2D eigenvalue weighted by Crippen LogP contribution is 2.22. The normalized spacial score (nSPS) is 20.6. The zero-order valence-electron chi connectivity index (χ0n) is 16.2. The van der Waals surface area contributed by atoms with E-state index in [1.807, 2.05) is 0 Å². The Balaban J connectivity index is 1.91. The van der Waals surface area contributed by atoms with Crippen LogP contribution in [0.5, 0.6) is 5.75 Å². The molecule has 2 rings (SSSR count). The van der Waals surface area contributed by atoms with E-state index in [1.54, 1.807) is 7.05 Å². The van der Waals surface area contributed by atoms with E-state index < -0.39 is 9.84 Å². The molecule has 7 heteroatoms. The van der Waals surface area contributed by atoms with Gasteiger partial charge in [0.15, 0.2) is 15.8 Å². The first-order valence-corrected chi connectivity index (χ1v) is 11.1. The second-order valence-electron chi connectivity index (χ2n) is 7.02. The number of hydrogen-bond acceptors (Lipinski definition) is 4. The molecule has 1 aromatic carbocycles. The summed E-state index contributed by atoms with van der Waals surface area (Å²) in [7, 11) is -1.13. The van der Waals surface area contributed by atoms with E-state index in [9.17, 15) is 8.42 Å². The largest absolute Gasteiger partial charge is 0.490 e. The van der Waals surface area contributed by atoms with Crippen molar-refractivity contribution in [3.8, 4) is 5.75 Å². The lowest BCUT2D eigenvalue weighted by atomic mass is 10.1. The predicted octanol–water partition coefficient (Wildman–Crippen LogP) is 2.27. The fourth-order valence-corrected chi connectivity index (χ4v) is 4.75. The average molecular weight is 382 g/mol. The van der Waals surface area contributed by atoms with Crippen molar-refractivity contribution in [1.29, 1.82) is 0 Å². The molecule has 6 nitrogen and oxygen atoms in total. The number of aliphatic imine (C=N–C) groups is 1. The molecule has 146 valence electrons. The highest BCUT2D eigenvalue weighted by molar-refractivity contribution is 7.91. The Kier molecular flexibility index (Phi) is 7.32. The number of benzene rings is 1. The van der Waals surface area contributed by atoms with E-state index in [0.29, 0.717) is 24.8 Å². The van der Waals surface area contributed by atoms with Crippen LogP contribution in [0.15, 0.2) is 23.2 Å². The third-order valence-electron chi connectivity index (χ3n) is 4.68. The molecule has 1 saturated heterocycles. The summed E-state index contributed by atoms with van der Waals surface area (Å²) >= 11 is 0. The SMILES string of the molecule is CCC(C)Oc1cc(C)ccc1CNC(=NC)NCC1CCS(=O)(=O)C1.